The number of benzene rings is 1. The van der Waals surface area contributed by atoms with Crippen molar-refractivity contribution in [3.63, 3.8) is 0 Å². The normalized spacial score (nSPS) is 19.6. The zero-order chi connectivity index (χ0) is 19.9. The maximum absolute atomic E-state index is 14.0. The fourth-order valence-electron chi connectivity index (χ4n) is 3.89. The van der Waals surface area contributed by atoms with Crippen LogP contribution in [0.3, 0.4) is 0 Å². The number of hydrogen-bond donors (Lipinski definition) is 0. The molecule has 0 aromatic heterocycles. The van der Waals surface area contributed by atoms with Crippen molar-refractivity contribution in [1.29, 1.82) is 0 Å². The number of rotatable bonds is 3. The summed E-state index contributed by atoms with van der Waals surface area (Å²) in [5.74, 6) is -1.09. The molecule has 0 aliphatic carbocycles. The van der Waals surface area contributed by atoms with E-state index in [4.69, 9.17) is 11.6 Å². The molecule has 0 bridgehead atoms. The van der Waals surface area contributed by atoms with Gasteiger partial charge in [-0.3, -0.25) is 14.5 Å². The van der Waals surface area contributed by atoms with Crippen LogP contribution >= 0.6 is 11.6 Å². The lowest BCUT2D eigenvalue weighted by atomic mass is 9.85. The highest BCUT2D eigenvalue weighted by molar-refractivity contribution is 6.31. The Morgan fingerprint density at radius 1 is 1.26 bits per heavy atom. The van der Waals surface area contributed by atoms with Crippen LogP contribution in [0.4, 0.5) is 9.18 Å². The fourth-order valence-corrected chi connectivity index (χ4v) is 4.06. The van der Waals surface area contributed by atoms with E-state index in [1.807, 2.05) is 13.8 Å². The summed E-state index contributed by atoms with van der Waals surface area (Å²) in [4.78, 5) is 42.4. The molecule has 1 aromatic carbocycles. The Hall–Kier alpha value is -2.15. The van der Waals surface area contributed by atoms with Crippen molar-refractivity contribution in [2.24, 2.45) is 5.92 Å². The molecular weight excluding hydrogens is 373 g/mol. The molecule has 0 N–H and O–H groups in total. The summed E-state index contributed by atoms with van der Waals surface area (Å²) in [5, 5.41) is 0.287. The van der Waals surface area contributed by atoms with Gasteiger partial charge in [-0.25, -0.2) is 9.18 Å². The zero-order valence-electron chi connectivity index (χ0n) is 15.7. The first kappa shape index (κ1) is 19.6. The molecule has 2 heterocycles. The van der Waals surface area contributed by atoms with Crippen LogP contribution in [0, 0.1) is 11.7 Å². The molecule has 0 radical (unpaired) electrons. The summed E-state index contributed by atoms with van der Waals surface area (Å²) < 4.78 is 14.0. The predicted octanol–water partition coefficient (Wildman–Crippen LogP) is 3.00. The number of nitrogens with zero attached hydrogens (tertiary/aromatic N) is 3. The van der Waals surface area contributed by atoms with Crippen LogP contribution in [0.15, 0.2) is 18.2 Å². The fraction of sp³-hybridized carbons (Fsp3) is 0.526. The van der Waals surface area contributed by atoms with E-state index in [0.717, 1.165) is 4.90 Å². The van der Waals surface area contributed by atoms with Crippen molar-refractivity contribution in [3.05, 3.63) is 34.6 Å². The van der Waals surface area contributed by atoms with E-state index in [-0.39, 0.29) is 41.5 Å². The van der Waals surface area contributed by atoms with Gasteiger partial charge in [0.25, 0.3) is 11.8 Å². The molecule has 27 heavy (non-hydrogen) atoms. The molecule has 8 heteroatoms. The smallest absolute Gasteiger partial charge is 0.327 e. The summed E-state index contributed by atoms with van der Waals surface area (Å²) in [6, 6.07) is 3.57. The van der Waals surface area contributed by atoms with Crippen molar-refractivity contribution in [3.8, 4) is 0 Å². The van der Waals surface area contributed by atoms with Crippen LogP contribution in [0.5, 0.6) is 0 Å². The molecule has 146 valence electrons. The summed E-state index contributed by atoms with van der Waals surface area (Å²) >= 11 is 5.89. The van der Waals surface area contributed by atoms with Gasteiger partial charge in [-0.15, -0.1) is 0 Å². The number of carbonyl (C=O) groups excluding carboxylic acids is 3. The Bertz CT molecular complexity index is 790. The predicted molar refractivity (Wildman–Crippen MR) is 99.0 cm³/mol. The average Bonchev–Trinajstić information content (AvgIpc) is 2.80. The maximum Gasteiger partial charge on any atom is 0.327 e. The van der Waals surface area contributed by atoms with E-state index in [0.29, 0.717) is 19.4 Å². The average molecular weight is 396 g/mol. The summed E-state index contributed by atoms with van der Waals surface area (Å²) in [5.41, 5.74) is -0.997. The first-order valence-corrected chi connectivity index (χ1v) is 9.39. The second-order valence-electron chi connectivity index (χ2n) is 7.60. The number of piperidine rings is 1. The molecule has 2 aliphatic heterocycles. The number of likely N-dealkylation sites (N-methyl/N-ethyl adjacent to an activating group) is 1. The number of amides is 4. The Labute approximate surface area is 162 Å². The van der Waals surface area contributed by atoms with Crippen molar-refractivity contribution in [1.82, 2.24) is 14.7 Å². The molecule has 4 amide bonds. The van der Waals surface area contributed by atoms with Gasteiger partial charge in [-0.1, -0.05) is 25.4 Å². The molecule has 6 nitrogen and oxygen atoms in total. The molecular formula is C19H23ClFN3O3. The minimum atomic E-state index is -0.917. The van der Waals surface area contributed by atoms with E-state index >= 15 is 0 Å². The third kappa shape index (κ3) is 3.29. The molecule has 1 aromatic rings. The van der Waals surface area contributed by atoms with Crippen LogP contribution < -0.4 is 0 Å². The topological polar surface area (TPSA) is 60.9 Å². The van der Waals surface area contributed by atoms with Gasteiger partial charge in [-0.05, 0) is 37.0 Å². The first-order valence-electron chi connectivity index (χ1n) is 9.01. The first-order chi connectivity index (χ1) is 12.7. The van der Waals surface area contributed by atoms with Gasteiger partial charge in [0, 0.05) is 31.7 Å². The summed E-state index contributed by atoms with van der Waals surface area (Å²) in [7, 11) is 1.49. The molecule has 2 aliphatic rings. The number of carbonyl (C=O) groups is 3. The van der Waals surface area contributed by atoms with Gasteiger partial charge in [0.2, 0.25) is 0 Å². The highest BCUT2D eigenvalue weighted by Crippen LogP contribution is 2.37. The van der Waals surface area contributed by atoms with Crippen molar-refractivity contribution in [2.45, 2.75) is 32.2 Å². The van der Waals surface area contributed by atoms with E-state index in [9.17, 15) is 18.8 Å². The van der Waals surface area contributed by atoms with Crippen LogP contribution in [-0.4, -0.2) is 64.8 Å². The van der Waals surface area contributed by atoms with E-state index < -0.39 is 17.3 Å². The second kappa shape index (κ2) is 7.11. The minimum Gasteiger partial charge on any atom is -0.338 e. The molecule has 0 unspecified atom stereocenters. The maximum atomic E-state index is 14.0. The molecule has 0 atom stereocenters. The van der Waals surface area contributed by atoms with Crippen molar-refractivity contribution in [2.75, 3.05) is 26.7 Å². The quantitative estimate of drug-likeness (QED) is 0.739. The third-order valence-electron chi connectivity index (χ3n) is 5.32. The number of urea groups is 1. The zero-order valence-corrected chi connectivity index (χ0v) is 16.4. The van der Waals surface area contributed by atoms with Gasteiger partial charge in [-0.2, -0.15) is 0 Å². The lowest BCUT2D eigenvalue weighted by Gasteiger charge is -2.42. The Morgan fingerprint density at radius 3 is 2.48 bits per heavy atom. The third-order valence-corrected chi connectivity index (χ3v) is 5.56. The van der Waals surface area contributed by atoms with Crippen molar-refractivity contribution >= 4 is 29.4 Å². The van der Waals surface area contributed by atoms with E-state index in [2.05, 4.69) is 0 Å². The number of halogens is 2. The monoisotopic (exact) mass is 395 g/mol. The molecule has 0 saturated carbocycles. The van der Waals surface area contributed by atoms with E-state index in [1.54, 1.807) is 4.90 Å². The van der Waals surface area contributed by atoms with Crippen LogP contribution in [-0.2, 0) is 4.79 Å². The highest BCUT2D eigenvalue weighted by atomic mass is 35.5. The molecule has 1 spiro atoms. The van der Waals surface area contributed by atoms with Crippen LogP contribution in [0.25, 0.3) is 0 Å². The molecule has 2 saturated heterocycles. The lowest BCUT2D eigenvalue weighted by molar-refractivity contribution is -0.134. The lowest BCUT2D eigenvalue weighted by Crippen LogP contribution is -2.58. The van der Waals surface area contributed by atoms with Gasteiger partial charge in [0.1, 0.15) is 11.4 Å². The Morgan fingerprint density at radius 2 is 1.89 bits per heavy atom. The van der Waals surface area contributed by atoms with E-state index in [1.165, 1.54) is 30.1 Å². The molecule has 3 rings (SSSR count). The Balaban J connectivity index is 1.80. The second-order valence-corrected chi connectivity index (χ2v) is 8.04. The number of imide groups is 1. The van der Waals surface area contributed by atoms with Gasteiger partial charge in [0.15, 0.2) is 0 Å². The van der Waals surface area contributed by atoms with Crippen LogP contribution in [0.2, 0.25) is 5.02 Å². The number of likely N-dealkylation sites (tertiary alicyclic amines) is 1. The Kier molecular flexibility index (Phi) is 5.16. The summed E-state index contributed by atoms with van der Waals surface area (Å²) in [6.07, 6.45) is 0.672. The summed E-state index contributed by atoms with van der Waals surface area (Å²) in [6.45, 7) is 5.00. The standard InChI is InChI=1S/C19H23ClFN3O3/c1-12(2)11-24-18(27)22(3)17(26)19(24)6-8-23(9-7-19)16(25)14-10-13(20)4-5-15(14)21/h4-5,10,12H,6-9,11H2,1-3H3. The minimum absolute atomic E-state index is 0.0802. The SMILES string of the molecule is CC(C)CN1C(=O)N(C)C(=O)C12CCN(C(=O)c1cc(Cl)ccc1F)CC2. The number of hydrogen-bond acceptors (Lipinski definition) is 3. The van der Waals surface area contributed by atoms with Gasteiger partial charge in [0.05, 0.1) is 5.56 Å². The highest BCUT2D eigenvalue weighted by Gasteiger charge is 2.57. The van der Waals surface area contributed by atoms with Crippen molar-refractivity contribution < 1.29 is 18.8 Å². The molecule has 2 fully saturated rings. The van der Waals surface area contributed by atoms with Gasteiger partial charge >= 0.3 is 6.03 Å². The van der Waals surface area contributed by atoms with Crippen LogP contribution in [0.1, 0.15) is 37.0 Å². The van der Waals surface area contributed by atoms with Gasteiger partial charge < -0.3 is 9.80 Å². The largest absolute Gasteiger partial charge is 0.338 e.